The summed E-state index contributed by atoms with van der Waals surface area (Å²) in [7, 11) is 0. The highest BCUT2D eigenvalue weighted by Crippen LogP contribution is 2.39. The molecule has 34 heavy (non-hydrogen) atoms. The fourth-order valence-electron chi connectivity index (χ4n) is 4.74. The summed E-state index contributed by atoms with van der Waals surface area (Å²) in [6.45, 7) is 3.78. The lowest BCUT2D eigenvalue weighted by molar-refractivity contribution is -0.137. The molecule has 1 aliphatic heterocycles. The molecule has 1 saturated heterocycles. The summed E-state index contributed by atoms with van der Waals surface area (Å²) in [5, 5.41) is 13.3. The van der Waals surface area contributed by atoms with Crippen molar-refractivity contribution in [3.05, 3.63) is 23.8 Å². The number of rotatable bonds is 8. The van der Waals surface area contributed by atoms with Gasteiger partial charge in [-0.15, -0.1) is 5.10 Å². The Morgan fingerprint density at radius 2 is 1.79 bits per heavy atom. The molecule has 0 radical (unpaired) electrons. The minimum Gasteiger partial charge on any atom is -0.403 e. The van der Waals surface area contributed by atoms with Crippen molar-refractivity contribution in [2.24, 2.45) is 5.92 Å². The summed E-state index contributed by atoms with van der Waals surface area (Å²) < 4.78 is 46.9. The highest BCUT2D eigenvalue weighted by atomic mass is 19.4. The summed E-state index contributed by atoms with van der Waals surface area (Å²) >= 11 is 0. The Bertz CT molecular complexity index is 950. The lowest BCUT2D eigenvalue weighted by Crippen LogP contribution is -2.31. The van der Waals surface area contributed by atoms with Gasteiger partial charge in [0.15, 0.2) is 0 Å². The van der Waals surface area contributed by atoms with Crippen molar-refractivity contribution in [3.8, 4) is 11.5 Å². The van der Waals surface area contributed by atoms with Crippen LogP contribution in [-0.4, -0.2) is 47.2 Å². The highest BCUT2D eigenvalue weighted by Gasteiger charge is 2.36. The van der Waals surface area contributed by atoms with E-state index in [1.54, 1.807) is 0 Å². The van der Waals surface area contributed by atoms with E-state index < -0.39 is 11.7 Å². The Labute approximate surface area is 197 Å². The average Bonchev–Trinajstić information content (AvgIpc) is 3.31. The quantitative estimate of drug-likeness (QED) is 0.482. The number of nitrogens with one attached hydrogen (secondary N) is 2. The van der Waals surface area contributed by atoms with Crippen molar-refractivity contribution in [3.63, 3.8) is 0 Å². The lowest BCUT2D eigenvalue weighted by atomic mass is 9.88. The molecule has 0 spiro atoms. The van der Waals surface area contributed by atoms with Crippen molar-refractivity contribution < 1.29 is 22.4 Å². The second-order valence-corrected chi connectivity index (χ2v) is 9.18. The van der Waals surface area contributed by atoms with E-state index in [0.717, 1.165) is 64.2 Å². The zero-order valence-corrected chi connectivity index (χ0v) is 19.3. The molecule has 4 rings (SSSR count). The summed E-state index contributed by atoms with van der Waals surface area (Å²) in [4.78, 5) is 14.9. The van der Waals surface area contributed by atoms with Gasteiger partial charge < -0.3 is 20.0 Å². The predicted molar refractivity (Wildman–Crippen MR) is 123 cm³/mol. The molecule has 2 heterocycles. The van der Waals surface area contributed by atoms with Crippen molar-refractivity contribution in [1.82, 2.24) is 15.1 Å². The van der Waals surface area contributed by atoms with Gasteiger partial charge in [0.1, 0.15) is 0 Å². The minimum atomic E-state index is -4.64. The number of hydrogen-bond donors (Lipinski definition) is 2. The van der Waals surface area contributed by atoms with Crippen LogP contribution in [-0.2, 0) is 11.0 Å². The first kappa shape index (κ1) is 24.5. The highest BCUT2D eigenvalue weighted by molar-refractivity contribution is 5.93. The Morgan fingerprint density at radius 1 is 1.06 bits per heavy atom. The van der Waals surface area contributed by atoms with Gasteiger partial charge in [0.25, 0.3) is 0 Å². The number of piperidine rings is 1. The number of carbonyl (C=O) groups excluding carboxylic acids is 1. The number of anilines is 2. The average molecular weight is 480 g/mol. The zero-order chi connectivity index (χ0) is 24.0. The predicted octanol–water partition coefficient (Wildman–Crippen LogP) is 5.56. The molecule has 2 fully saturated rings. The number of hydrogen-bond acceptors (Lipinski definition) is 6. The van der Waals surface area contributed by atoms with E-state index in [2.05, 4.69) is 25.7 Å². The third-order valence-corrected chi connectivity index (χ3v) is 6.60. The summed E-state index contributed by atoms with van der Waals surface area (Å²) in [6.07, 6.45) is 4.54. The molecule has 7 nitrogen and oxygen atoms in total. The van der Waals surface area contributed by atoms with Crippen LogP contribution in [0.4, 0.5) is 24.9 Å². The van der Waals surface area contributed by atoms with Crippen LogP contribution in [0.15, 0.2) is 22.6 Å². The van der Waals surface area contributed by atoms with Crippen LogP contribution in [0.25, 0.3) is 11.5 Å². The number of alkyl halides is 3. The normalized spacial score (nSPS) is 18.1. The van der Waals surface area contributed by atoms with Gasteiger partial charge in [0, 0.05) is 18.2 Å². The topological polar surface area (TPSA) is 83.3 Å². The summed E-state index contributed by atoms with van der Waals surface area (Å²) in [6, 6.07) is 3.75. The standard InChI is InChI=1S/C24H32F3N5O2/c25-24(26,27)20-16-18(29-21(33)17-8-3-1-4-9-17)10-11-19(20)22-30-31-23(34-22)28-12-7-15-32-13-5-2-6-14-32/h10-11,16-17H,1-9,12-15H2,(H,28,31)(H,29,33). The van der Waals surface area contributed by atoms with Gasteiger partial charge in [-0.05, 0) is 69.9 Å². The number of likely N-dealkylation sites (tertiary alicyclic amines) is 1. The fourth-order valence-corrected chi connectivity index (χ4v) is 4.74. The van der Waals surface area contributed by atoms with E-state index >= 15 is 0 Å². The Hall–Kier alpha value is -2.62. The van der Waals surface area contributed by atoms with Crippen LogP contribution >= 0.6 is 0 Å². The number of nitrogens with zero attached hydrogens (tertiary/aromatic N) is 3. The van der Waals surface area contributed by atoms with Gasteiger partial charge in [0.2, 0.25) is 11.8 Å². The number of aromatic nitrogens is 2. The third-order valence-electron chi connectivity index (χ3n) is 6.60. The van der Waals surface area contributed by atoms with Crippen LogP contribution < -0.4 is 10.6 Å². The van der Waals surface area contributed by atoms with E-state index in [0.29, 0.717) is 6.54 Å². The van der Waals surface area contributed by atoms with Crippen molar-refractivity contribution in [1.29, 1.82) is 0 Å². The molecule has 1 aromatic heterocycles. The van der Waals surface area contributed by atoms with Crippen molar-refractivity contribution >= 4 is 17.6 Å². The largest absolute Gasteiger partial charge is 0.417 e. The molecule has 2 N–H and O–H groups in total. The first-order chi connectivity index (χ1) is 16.4. The van der Waals surface area contributed by atoms with Gasteiger partial charge in [-0.3, -0.25) is 4.79 Å². The number of carbonyl (C=O) groups is 1. The lowest BCUT2D eigenvalue weighted by Gasteiger charge is -2.26. The smallest absolute Gasteiger partial charge is 0.403 e. The van der Waals surface area contributed by atoms with Gasteiger partial charge in [-0.1, -0.05) is 30.8 Å². The van der Waals surface area contributed by atoms with Crippen LogP contribution in [0.1, 0.15) is 63.4 Å². The number of benzene rings is 1. The molecule has 2 aromatic rings. The van der Waals surface area contributed by atoms with Gasteiger partial charge in [-0.2, -0.15) is 13.2 Å². The van der Waals surface area contributed by atoms with Crippen LogP contribution in [0, 0.1) is 5.92 Å². The molecule has 10 heteroatoms. The van der Waals surface area contributed by atoms with Crippen LogP contribution in [0.2, 0.25) is 0 Å². The molecule has 1 amide bonds. The molecule has 186 valence electrons. The van der Waals surface area contributed by atoms with Gasteiger partial charge >= 0.3 is 12.2 Å². The van der Waals surface area contributed by atoms with E-state index in [1.807, 2.05) is 0 Å². The molecule has 1 saturated carbocycles. The van der Waals surface area contributed by atoms with E-state index in [9.17, 15) is 18.0 Å². The first-order valence-corrected chi connectivity index (χ1v) is 12.2. The second kappa shape index (κ2) is 11.2. The number of amides is 1. The first-order valence-electron chi connectivity index (χ1n) is 12.2. The SMILES string of the molecule is O=C(Nc1ccc(-c2nnc(NCCCN3CCCCC3)o2)c(C(F)(F)F)c1)C1CCCCC1. The van der Waals surface area contributed by atoms with Crippen molar-refractivity contribution in [2.75, 3.05) is 36.8 Å². The van der Waals surface area contributed by atoms with Gasteiger partial charge in [0.05, 0.1) is 11.1 Å². The molecular weight excluding hydrogens is 447 g/mol. The summed E-state index contributed by atoms with van der Waals surface area (Å²) in [5.74, 6) is -0.590. The van der Waals surface area contributed by atoms with E-state index in [-0.39, 0.29) is 35.0 Å². The molecule has 0 atom stereocenters. The van der Waals surface area contributed by atoms with Crippen molar-refractivity contribution in [2.45, 2.75) is 64.0 Å². The van der Waals surface area contributed by atoms with E-state index in [4.69, 9.17) is 4.42 Å². The molecule has 1 aliphatic carbocycles. The Balaban J connectivity index is 1.39. The maximum absolute atomic E-state index is 13.8. The monoisotopic (exact) mass is 479 g/mol. The van der Waals surface area contributed by atoms with E-state index in [1.165, 1.54) is 31.4 Å². The molecular formula is C24H32F3N5O2. The zero-order valence-electron chi connectivity index (χ0n) is 19.3. The minimum absolute atomic E-state index is 0.0939. The third kappa shape index (κ3) is 6.49. The second-order valence-electron chi connectivity index (χ2n) is 9.18. The molecule has 1 aromatic carbocycles. The molecule has 0 bridgehead atoms. The molecule has 2 aliphatic rings. The van der Waals surface area contributed by atoms with Crippen LogP contribution in [0.5, 0.6) is 0 Å². The Kier molecular flexibility index (Phi) is 8.07. The van der Waals surface area contributed by atoms with Gasteiger partial charge in [-0.25, -0.2) is 0 Å². The maximum atomic E-state index is 13.8. The fraction of sp³-hybridized carbons (Fsp3) is 0.625. The number of halogens is 3. The van der Waals surface area contributed by atoms with Crippen LogP contribution in [0.3, 0.4) is 0 Å². The molecule has 0 unspecified atom stereocenters. The summed E-state index contributed by atoms with van der Waals surface area (Å²) in [5.41, 5.74) is -1.02. The maximum Gasteiger partial charge on any atom is 0.417 e. The Morgan fingerprint density at radius 3 is 2.53 bits per heavy atom.